The Bertz CT molecular complexity index is 1380. The van der Waals surface area contributed by atoms with Crippen LogP contribution in [-0.2, 0) is 20.1 Å². The van der Waals surface area contributed by atoms with Crippen molar-refractivity contribution in [2.75, 3.05) is 0 Å². The van der Waals surface area contributed by atoms with Gasteiger partial charge in [0.1, 0.15) is 11.9 Å². The summed E-state index contributed by atoms with van der Waals surface area (Å²) in [5.41, 5.74) is 5.52. The summed E-state index contributed by atoms with van der Waals surface area (Å²) in [6.45, 7) is 0. The molecule has 1 unspecified atom stereocenters. The van der Waals surface area contributed by atoms with E-state index in [1.807, 2.05) is 66.7 Å². The standard InChI is InChI=1S/C34H30O3/c35-31-23-24-34(28-17-8-3-9-18-28)36-32-27(16-10-15-25-11-4-1-5-12-25)20-22-29(32)30(33(31)37-34)21-19-26-13-6-2-7-14-26/h1-19,21,30,33H,20,22-24H2/b15-10+,21-19+,27-16+/t30?,33-,34+/m1/s1. The number of ether oxygens (including phenoxy) is 2. The summed E-state index contributed by atoms with van der Waals surface area (Å²) >= 11 is 0. The zero-order valence-corrected chi connectivity index (χ0v) is 20.8. The van der Waals surface area contributed by atoms with Crippen LogP contribution in [0.1, 0.15) is 42.4 Å². The number of fused-ring (bicyclic) bond motifs is 2. The molecule has 3 aliphatic rings. The number of allylic oxidation sites excluding steroid dienone is 3. The van der Waals surface area contributed by atoms with Crippen LogP contribution in [0.15, 0.2) is 126 Å². The zero-order valence-electron chi connectivity index (χ0n) is 20.8. The molecule has 0 spiro atoms. The van der Waals surface area contributed by atoms with Crippen molar-refractivity contribution in [2.24, 2.45) is 5.92 Å². The SMILES string of the molecule is O=C1CC[C@]2(c3ccccc3)OC3=C(CC/C3=C\C=C\c3ccccc3)C(/C=C/c3ccccc3)[C@H]1O2. The Hall–Kier alpha value is -3.95. The quantitative estimate of drug-likeness (QED) is 0.372. The largest absolute Gasteiger partial charge is 0.458 e. The molecule has 3 atom stereocenters. The lowest BCUT2D eigenvalue weighted by atomic mass is 9.85. The second-order valence-corrected chi connectivity index (χ2v) is 9.84. The van der Waals surface area contributed by atoms with Crippen LogP contribution in [0.2, 0.25) is 0 Å². The van der Waals surface area contributed by atoms with Crippen molar-refractivity contribution in [2.45, 2.75) is 37.6 Å². The highest BCUT2D eigenvalue weighted by molar-refractivity contribution is 5.85. The monoisotopic (exact) mass is 486 g/mol. The maximum absolute atomic E-state index is 13.3. The van der Waals surface area contributed by atoms with Crippen LogP contribution in [0.3, 0.4) is 0 Å². The van der Waals surface area contributed by atoms with Gasteiger partial charge in [-0.05, 0) is 35.1 Å². The summed E-state index contributed by atoms with van der Waals surface area (Å²) in [6, 6.07) is 30.6. The molecule has 0 saturated carbocycles. The third-order valence-electron chi connectivity index (χ3n) is 7.47. The van der Waals surface area contributed by atoms with Gasteiger partial charge in [-0.25, -0.2) is 0 Å². The lowest BCUT2D eigenvalue weighted by Gasteiger charge is -2.40. The Balaban J connectivity index is 1.43. The smallest absolute Gasteiger partial charge is 0.238 e. The summed E-state index contributed by atoms with van der Waals surface area (Å²) < 4.78 is 13.6. The molecule has 3 aromatic rings. The Morgan fingerprint density at radius 2 is 1.41 bits per heavy atom. The maximum atomic E-state index is 13.3. The van der Waals surface area contributed by atoms with Gasteiger partial charge in [0.25, 0.3) is 0 Å². The molecule has 0 radical (unpaired) electrons. The molecule has 3 aromatic carbocycles. The number of hydrogen-bond acceptors (Lipinski definition) is 3. The van der Waals surface area contributed by atoms with E-state index in [2.05, 4.69) is 54.6 Å². The number of Topliss-reactive ketones (excluding diaryl/α,β-unsaturated/α-hetero) is 1. The van der Waals surface area contributed by atoms with Gasteiger partial charge in [-0.1, -0.05) is 121 Å². The van der Waals surface area contributed by atoms with Gasteiger partial charge in [0, 0.05) is 24.3 Å². The van der Waals surface area contributed by atoms with Crippen LogP contribution in [0, 0.1) is 5.92 Å². The molecular weight excluding hydrogens is 456 g/mol. The molecule has 2 bridgehead atoms. The van der Waals surface area contributed by atoms with Gasteiger partial charge in [0.15, 0.2) is 5.78 Å². The van der Waals surface area contributed by atoms with Gasteiger partial charge in [0.05, 0.1) is 0 Å². The average molecular weight is 487 g/mol. The number of benzene rings is 3. The summed E-state index contributed by atoms with van der Waals surface area (Å²) in [6.07, 6.45) is 12.7. The molecule has 184 valence electrons. The highest BCUT2D eigenvalue weighted by atomic mass is 16.7. The topological polar surface area (TPSA) is 35.5 Å². The molecule has 0 amide bonds. The Morgan fingerprint density at radius 1 is 0.757 bits per heavy atom. The second kappa shape index (κ2) is 10.2. The fourth-order valence-corrected chi connectivity index (χ4v) is 5.57. The van der Waals surface area contributed by atoms with Crippen molar-refractivity contribution in [3.63, 3.8) is 0 Å². The van der Waals surface area contributed by atoms with E-state index in [0.717, 1.165) is 46.4 Å². The van der Waals surface area contributed by atoms with Crippen molar-refractivity contribution < 1.29 is 14.3 Å². The summed E-state index contributed by atoms with van der Waals surface area (Å²) in [7, 11) is 0. The van der Waals surface area contributed by atoms with Crippen molar-refractivity contribution in [1.29, 1.82) is 0 Å². The molecular formula is C34H30O3. The molecule has 3 nitrogen and oxygen atoms in total. The van der Waals surface area contributed by atoms with Gasteiger partial charge >= 0.3 is 0 Å². The third-order valence-corrected chi connectivity index (χ3v) is 7.47. The number of rotatable bonds is 5. The number of hydrogen-bond donors (Lipinski definition) is 0. The van der Waals surface area contributed by atoms with E-state index in [-0.39, 0.29) is 11.7 Å². The van der Waals surface area contributed by atoms with E-state index in [1.54, 1.807) is 0 Å². The summed E-state index contributed by atoms with van der Waals surface area (Å²) in [4.78, 5) is 13.3. The van der Waals surface area contributed by atoms with Crippen LogP contribution in [0.4, 0.5) is 0 Å². The van der Waals surface area contributed by atoms with Crippen molar-refractivity contribution in [1.82, 2.24) is 0 Å². The molecule has 0 N–H and O–H groups in total. The van der Waals surface area contributed by atoms with Crippen LogP contribution in [-0.4, -0.2) is 11.9 Å². The molecule has 1 aliphatic carbocycles. The minimum absolute atomic E-state index is 0.146. The highest BCUT2D eigenvalue weighted by Gasteiger charge is 2.52. The first kappa shape index (κ1) is 23.4. The van der Waals surface area contributed by atoms with E-state index >= 15 is 0 Å². The fourth-order valence-electron chi connectivity index (χ4n) is 5.57. The van der Waals surface area contributed by atoms with Gasteiger partial charge in [-0.2, -0.15) is 0 Å². The molecule has 2 heterocycles. The normalized spacial score (nSPS) is 26.5. The van der Waals surface area contributed by atoms with Crippen LogP contribution in [0.5, 0.6) is 0 Å². The Morgan fingerprint density at radius 3 is 2.11 bits per heavy atom. The predicted octanol–water partition coefficient (Wildman–Crippen LogP) is 7.64. The highest BCUT2D eigenvalue weighted by Crippen LogP contribution is 2.51. The van der Waals surface area contributed by atoms with Gasteiger partial charge in [-0.15, -0.1) is 0 Å². The predicted molar refractivity (Wildman–Crippen MR) is 147 cm³/mol. The number of carbonyl (C=O) groups is 1. The zero-order chi connectivity index (χ0) is 25.1. The first-order valence-corrected chi connectivity index (χ1v) is 13.1. The molecule has 2 aliphatic heterocycles. The third kappa shape index (κ3) is 4.75. The first-order valence-electron chi connectivity index (χ1n) is 13.1. The van der Waals surface area contributed by atoms with Gasteiger partial charge < -0.3 is 9.47 Å². The minimum Gasteiger partial charge on any atom is -0.458 e. The van der Waals surface area contributed by atoms with Crippen LogP contribution >= 0.6 is 0 Å². The van der Waals surface area contributed by atoms with E-state index in [0.29, 0.717) is 12.8 Å². The number of carbonyl (C=O) groups excluding carboxylic acids is 1. The van der Waals surface area contributed by atoms with Crippen LogP contribution < -0.4 is 0 Å². The van der Waals surface area contributed by atoms with Gasteiger partial charge in [-0.3, -0.25) is 4.79 Å². The molecule has 0 aromatic heterocycles. The van der Waals surface area contributed by atoms with E-state index in [1.165, 1.54) is 0 Å². The minimum atomic E-state index is -0.970. The Labute approximate surface area is 218 Å². The maximum Gasteiger partial charge on any atom is 0.238 e. The van der Waals surface area contributed by atoms with E-state index in [4.69, 9.17) is 9.47 Å². The van der Waals surface area contributed by atoms with Crippen molar-refractivity contribution >= 4 is 17.9 Å². The van der Waals surface area contributed by atoms with E-state index in [9.17, 15) is 4.79 Å². The molecule has 3 heteroatoms. The Kier molecular flexibility index (Phi) is 6.46. The molecule has 6 rings (SSSR count). The van der Waals surface area contributed by atoms with Crippen LogP contribution in [0.25, 0.3) is 12.2 Å². The molecule has 1 fully saturated rings. The number of ketones is 1. The molecule has 37 heavy (non-hydrogen) atoms. The lowest BCUT2D eigenvalue weighted by molar-refractivity contribution is -0.259. The average Bonchev–Trinajstić information content (AvgIpc) is 3.28. The fraction of sp³-hybridized carbons (Fsp3) is 0.206. The summed E-state index contributed by atoms with van der Waals surface area (Å²) in [5, 5.41) is 0. The lowest BCUT2D eigenvalue weighted by Crippen LogP contribution is -2.46. The van der Waals surface area contributed by atoms with E-state index < -0.39 is 11.9 Å². The van der Waals surface area contributed by atoms with Crippen molar-refractivity contribution in [3.05, 3.63) is 143 Å². The van der Waals surface area contributed by atoms with Crippen molar-refractivity contribution in [3.8, 4) is 0 Å². The first-order chi connectivity index (χ1) is 18.2. The summed E-state index contributed by atoms with van der Waals surface area (Å²) in [5.74, 6) is -0.102. The second-order valence-electron chi connectivity index (χ2n) is 9.84. The molecule has 1 saturated heterocycles. The van der Waals surface area contributed by atoms with Gasteiger partial charge in [0.2, 0.25) is 5.79 Å².